The molecule has 1 heteroatoms. The average molecular weight is 640 g/mol. The molecule has 0 saturated carbocycles. The van der Waals surface area contributed by atoms with Crippen LogP contribution in [0.1, 0.15) is 1.37 Å². The molecule has 0 radical (unpaired) electrons. The Morgan fingerprint density at radius 1 is 0.367 bits per heavy atom. The van der Waals surface area contributed by atoms with E-state index >= 15 is 0 Å². The van der Waals surface area contributed by atoms with Crippen LogP contribution in [0.25, 0.3) is 97.0 Å². The molecule has 0 aliphatic rings. The molecule has 10 rings (SSSR count). The standard InChI is InChI=1S/C48H30S/c1-2-15-32(16-3-1)36-24-12-26-43-47-42(25-13-27-44(47)49-48(36)43)46-40-22-10-8-20-38(40)45(39-21-9-11-23-41(39)46)37-19-7-6-18-35(37)34-29-28-31-14-4-5-17-33(31)30-34/h1-30H/i4D. The largest absolute Gasteiger partial charge is 0.135 e. The van der Waals surface area contributed by atoms with Gasteiger partial charge >= 0.3 is 0 Å². The van der Waals surface area contributed by atoms with Crippen molar-refractivity contribution in [2.24, 2.45) is 0 Å². The summed E-state index contributed by atoms with van der Waals surface area (Å²) in [5, 5.41) is 9.85. The number of fused-ring (bicyclic) bond motifs is 6. The van der Waals surface area contributed by atoms with Crippen LogP contribution in [0.15, 0.2) is 182 Å². The maximum absolute atomic E-state index is 8.09. The SMILES string of the molecule is [2H]c1ccc2cc(-c3ccccc3-c3c4ccccc4c(-c4cccc5sc6c(-c7ccccc7)cccc6c45)c4ccccc34)ccc2c1. The first kappa shape index (κ1) is 27.0. The zero-order chi connectivity index (χ0) is 33.2. The fraction of sp³-hybridized carbons (Fsp3) is 0. The fourth-order valence-corrected chi connectivity index (χ4v) is 9.12. The second-order valence-corrected chi connectivity index (χ2v) is 13.8. The highest BCUT2D eigenvalue weighted by Crippen LogP contribution is 2.50. The number of benzene rings is 9. The molecule has 0 saturated heterocycles. The van der Waals surface area contributed by atoms with Crippen LogP contribution in [0.4, 0.5) is 0 Å². The Morgan fingerprint density at radius 2 is 0.959 bits per heavy atom. The maximum Gasteiger partial charge on any atom is 0.0623 e. The highest BCUT2D eigenvalue weighted by molar-refractivity contribution is 7.26. The molecule has 0 aliphatic heterocycles. The van der Waals surface area contributed by atoms with Crippen molar-refractivity contribution >= 4 is 63.8 Å². The third-order valence-electron chi connectivity index (χ3n) is 10.0. The molecule has 1 heterocycles. The van der Waals surface area contributed by atoms with E-state index in [2.05, 4.69) is 164 Å². The van der Waals surface area contributed by atoms with E-state index < -0.39 is 0 Å². The van der Waals surface area contributed by atoms with Gasteiger partial charge < -0.3 is 0 Å². The van der Waals surface area contributed by atoms with Crippen molar-refractivity contribution in [2.75, 3.05) is 0 Å². The number of thiophene rings is 1. The van der Waals surface area contributed by atoms with Gasteiger partial charge in [0.05, 0.1) is 1.37 Å². The molecule has 0 atom stereocenters. The van der Waals surface area contributed by atoms with Crippen LogP contribution in [0.2, 0.25) is 0 Å². The minimum absolute atomic E-state index is 0.534. The van der Waals surface area contributed by atoms with Crippen molar-refractivity contribution in [2.45, 2.75) is 0 Å². The van der Waals surface area contributed by atoms with Gasteiger partial charge in [-0.1, -0.05) is 170 Å². The molecule has 0 nitrogen and oxygen atoms in total. The predicted octanol–water partition coefficient (Wildman–Crippen LogP) is 14.2. The van der Waals surface area contributed by atoms with Gasteiger partial charge in [-0.3, -0.25) is 0 Å². The molecule has 0 bridgehead atoms. The van der Waals surface area contributed by atoms with Crippen LogP contribution in [0.3, 0.4) is 0 Å². The van der Waals surface area contributed by atoms with Crippen LogP contribution in [0, 0.1) is 0 Å². The summed E-state index contributed by atoms with van der Waals surface area (Å²) in [4.78, 5) is 0. The van der Waals surface area contributed by atoms with Crippen LogP contribution >= 0.6 is 11.3 Å². The molecule has 228 valence electrons. The first-order valence-corrected chi connectivity index (χ1v) is 17.6. The minimum Gasteiger partial charge on any atom is -0.135 e. The highest BCUT2D eigenvalue weighted by atomic mass is 32.1. The fourth-order valence-electron chi connectivity index (χ4n) is 7.86. The Balaban J connectivity index is 1.27. The van der Waals surface area contributed by atoms with Gasteiger partial charge in [0.1, 0.15) is 0 Å². The lowest BCUT2D eigenvalue weighted by molar-refractivity contribution is 1.62. The summed E-state index contributed by atoms with van der Waals surface area (Å²) in [6, 6.07) is 64.1. The van der Waals surface area contributed by atoms with Crippen molar-refractivity contribution in [3.8, 4) is 44.5 Å². The molecule has 9 aromatic carbocycles. The molecular formula is C48H30S. The predicted molar refractivity (Wildman–Crippen MR) is 214 cm³/mol. The minimum atomic E-state index is 0.534. The molecule has 0 N–H and O–H groups in total. The Hall–Kier alpha value is -6.02. The zero-order valence-corrected chi connectivity index (χ0v) is 27.5. The third-order valence-corrected chi connectivity index (χ3v) is 11.2. The number of hydrogen-bond acceptors (Lipinski definition) is 1. The molecule has 49 heavy (non-hydrogen) atoms. The Morgan fingerprint density at radius 3 is 1.71 bits per heavy atom. The Bertz CT molecular complexity index is 2880. The molecule has 0 aliphatic carbocycles. The van der Waals surface area contributed by atoms with Crippen LogP contribution in [-0.2, 0) is 0 Å². The molecule has 0 amide bonds. The van der Waals surface area contributed by atoms with E-state index in [1.165, 1.54) is 86.2 Å². The van der Waals surface area contributed by atoms with E-state index in [1.807, 2.05) is 23.5 Å². The summed E-state index contributed by atoms with van der Waals surface area (Å²) in [5.41, 5.74) is 9.93. The quantitative estimate of drug-likeness (QED) is 0.168. The summed E-state index contributed by atoms with van der Waals surface area (Å²) in [7, 11) is 0. The summed E-state index contributed by atoms with van der Waals surface area (Å²) in [6.07, 6.45) is 0. The van der Waals surface area contributed by atoms with Crippen LogP contribution < -0.4 is 0 Å². The van der Waals surface area contributed by atoms with Gasteiger partial charge in [0.15, 0.2) is 0 Å². The van der Waals surface area contributed by atoms with E-state index in [1.54, 1.807) is 0 Å². The van der Waals surface area contributed by atoms with Crippen molar-refractivity contribution in [1.82, 2.24) is 0 Å². The van der Waals surface area contributed by atoms with E-state index in [-0.39, 0.29) is 0 Å². The highest BCUT2D eigenvalue weighted by Gasteiger charge is 2.21. The molecule has 0 unspecified atom stereocenters. The zero-order valence-electron chi connectivity index (χ0n) is 27.7. The number of hydrogen-bond donors (Lipinski definition) is 0. The second kappa shape index (κ2) is 11.3. The van der Waals surface area contributed by atoms with E-state index in [0.29, 0.717) is 6.04 Å². The lowest BCUT2D eigenvalue weighted by Gasteiger charge is -2.20. The maximum atomic E-state index is 8.09. The van der Waals surface area contributed by atoms with Gasteiger partial charge in [0.25, 0.3) is 0 Å². The van der Waals surface area contributed by atoms with Gasteiger partial charge in [-0.2, -0.15) is 0 Å². The van der Waals surface area contributed by atoms with Crippen LogP contribution in [0.5, 0.6) is 0 Å². The monoisotopic (exact) mass is 639 g/mol. The Labute approximate surface area is 290 Å². The van der Waals surface area contributed by atoms with Gasteiger partial charge in [0, 0.05) is 20.2 Å². The molecule has 0 spiro atoms. The molecular weight excluding hydrogens is 609 g/mol. The van der Waals surface area contributed by atoms with Crippen molar-refractivity contribution in [3.63, 3.8) is 0 Å². The van der Waals surface area contributed by atoms with Gasteiger partial charge in [-0.25, -0.2) is 0 Å². The third kappa shape index (κ3) is 4.44. The first-order valence-electron chi connectivity index (χ1n) is 17.3. The molecule has 10 aromatic rings. The second-order valence-electron chi connectivity index (χ2n) is 12.7. The summed E-state index contributed by atoms with van der Waals surface area (Å²) in [6.45, 7) is 0. The lowest BCUT2D eigenvalue weighted by Crippen LogP contribution is -1.93. The van der Waals surface area contributed by atoms with Gasteiger partial charge in [0.2, 0.25) is 0 Å². The summed E-state index contributed by atoms with van der Waals surface area (Å²) in [5.74, 6) is 0. The average Bonchev–Trinajstić information content (AvgIpc) is 3.57. The summed E-state index contributed by atoms with van der Waals surface area (Å²) >= 11 is 1.89. The number of rotatable bonds is 4. The molecule has 0 fully saturated rings. The lowest BCUT2D eigenvalue weighted by atomic mass is 9.83. The van der Waals surface area contributed by atoms with E-state index in [4.69, 9.17) is 1.37 Å². The van der Waals surface area contributed by atoms with E-state index in [0.717, 1.165) is 10.8 Å². The molecule has 1 aromatic heterocycles. The summed E-state index contributed by atoms with van der Waals surface area (Å²) < 4.78 is 10.7. The van der Waals surface area contributed by atoms with Gasteiger partial charge in [-0.05, 0) is 89.0 Å². The van der Waals surface area contributed by atoms with Crippen molar-refractivity contribution < 1.29 is 1.37 Å². The normalized spacial score (nSPS) is 12.0. The van der Waals surface area contributed by atoms with Crippen molar-refractivity contribution in [3.05, 3.63) is 182 Å². The van der Waals surface area contributed by atoms with Crippen molar-refractivity contribution in [1.29, 1.82) is 0 Å². The van der Waals surface area contributed by atoms with Crippen LogP contribution in [-0.4, -0.2) is 0 Å². The van der Waals surface area contributed by atoms with Gasteiger partial charge in [-0.15, -0.1) is 11.3 Å². The smallest absolute Gasteiger partial charge is 0.0623 e. The Kier molecular flexibility index (Phi) is 6.22. The first-order chi connectivity index (χ1) is 24.7. The van der Waals surface area contributed by atoms with E-state index in [9.17, 15) is 0 Å². The topological polar surface area (TPSA) is 0 Å².